The highest BCUT2D eigenvalue weighted by atomic mass is 16.1. The highest BCUT2D eigenvalue weighted by Gasteiger charge is 2.17. The molecule has 1 atom stereocenters. The SMILES string of the molecule is NC(=O)c1ccc(N2CCC[C@@H](N)C2)nc1. The molecule has 1 fully saturated rings. The smallest absolute Gasteiger partial charge is 0.250 e. The summed E-state index contributed by atoms with van der Waals surface area (Å²) in [5.74, 6) is 0.412. The molecular formula is C11H16N4O. The summed E-state index contributed by atoms with van der Waals surface area (Å²) in [7, 11) is 0. The number of amides is 1. The summed E-state index contributed by atoms with van der Waals surface area (Å²) in [6.07, 6.45) is 3.66. The van der Waals surface area contributed by atoms with E-state index in [1.54, 1.807) is 6.07 Å². The minimum atomic E-state index is -0.450. The van der Waals surface area contributed by atoms with Gasteiger partial charge in [-0.2, -0.15) is 0 Å². The third-order valence-corrected chi connectivity index (χ3v) is 2.81. The third-order valence-electron chi connectivity index (χ3n) is 2.81. The van der Waals surface area contributed by atoms with Crippen LogP contribution in [0.25, 0.3) is 0 Å². The molecule has 1 amide bonds. The average molecular weight is 220 g/mol. The molecule has 2 heterocycles. The molecule has 0 unspecified atom stereocenters. The molecule has 86 valence electrons. The number of nitrogens with zero attached hydrogens (tertiary/aromatic N) is 2. The summed E-state index contributed by atoms with van der Waals surface area (Å²) in [6.45, 7) is 1.79. The van der Waals surface area contributed by atoms with Gasteiger partial charge in [0.15, 0.2) is 0 Å². The van der Waals surface area contributed by atoms with Crippen LogP contribution < -0.4 is 16.4 Å². The Balaban J connectivity index is 2.11. The normalized spacial score (nSPS) is 20.8. The fraction of sp³-hybridized carbons (Fsp3) is 0.455. The first kappa shape index (κ1) is 10.9. The minimum Gasteiger partial charge on any atom is -0.366 e. The molecule has 0 aliphatic carbocycles. The van der Waals surface area contributed by atoms with Crippen molar-refractivity contribution < 1.29 is 4.79 Å². The van der Waals surface area contributed by atoms with E-state index in [9.17, 15) is 4.79 Å². The van der Waals surface area contributed by atoms with Gasteiger partial charge in [0.25, 0.3) is 0 Å². The monoisotopic (exact) mass is 220 g/mol. The summed E-state index contributed by atoms with van der Waals surface area (Å²) < 4.78 is 0. The van der Waals surface area contributed by atoms with Gasteiger partial charge < -0.3 is 16.4 Å². The predicted octanol–water partition coefficient (Wildman–Crippen LogP) is 0.108. The first-order valence-corrected chi connectivity index (χ1v) is 5.43. The lowest BCUT2D eigenvalue weighted by molar-refractivity contribution is 0.1000. The van der Waals surface area contributed by atoms with E-state index in [0.717, 1.165) is 31.7 Å². The number of rotatable bonds is 2. The predicted molar refractivity (Wildman–Crippen MR) is 62.2 cm³/mol. The number of hydrogen-bond donors (Lipinski definition) is 2. The lowest BCUT2D eigenvalue weighted by Crippen LogP contribution is -2.43. The molecule has 4 N–H and O–H groups in total. The molecule has 1 saturated heterocycles. The molecule has 0 bridgehead atoms. The van der Waals surface area contributed by atoms with Crippen molar-refractivity contribution in [3.63, 3.8) is 0 Å². The molecule has 1 aliphatic rings. The zero-order valence-corrected chi connectivity index (χ0v) is 9.10. The molecule has 1 aliphatic heterocycles. The second-order valence-electron chi connectivity index (χ2n) is 4.12. The van der Waals surface area contributed by atoms with Gasteiger partial charge in [0.2, 0.25) is 5.91 Å². The maximum Gasteiger partial charge on any atom is 0.250 e. The highest BCUT2D eigenvalue weighted by molar-refractivity contribution is 5.92. The van der Waals surface area contributed by atoms with Crippen molar-refractivity contribution >= 4 is 11.7 Å². The Morgan fingerprint density at radius 2 is 2.31 bits per heavy atom. The Morgan fingerprint density at radius 3 is 2.88 bits per heavy atom. The van der Waals surface area contributed by atoms with E-state index in [2.05, 4.69) is 9.88 Å². The van der Waals surface area contributed by atoms with E-state index < -0.39 is 5.91 Å². The third kappa shape index (κ3) is 2.30. The first-order valence-electron chi connectivity index (χ1n) is 5.43. The number of piperidine rings is 1. The minimum absolute atomic E-state index is 0.214. The second kappa shape index (κ2) is 4.49. The number of carbonyl (C=O) groups excluding carboxylic acids is 1. The van der Waals surface area contributed by atoms with E-state index in [4.69, 9.17) is 11.5 Å². The van der Waals surface area contributed by atoms with Gasteiger partial charge in [-0.05, 0) is 25.0 Å². The molecule has 0 aromatic carbocycles. The van der Waals surface area contributed by atoms with Crippen molar-refractivity contribution in [1.82, 2.24) is 4.98 Å². The van der Waals surface area contributed by atoms with Crippen LogP contribution in [0.1, 0.15) is 23.2 Å². The Bertz CT molecular complexity index is 376. The van der Waals surface area contributed by atoms with Crippen LogP contribution in [0.2, 0.25) is 0 Å². The van der Waals surface area contributed by atoms with Crippen molar-refractivity contribution in [3.8, 4) is 0 Å². The topological polar surface area (TPSA) is 85.2 Å². The van der Waals surface area contributed by atoms with Gasteiger partial charge >= 0.3 is 0 Å². The number of nitrogens with two attached hydrogens (primary N) is 2. The van der Waals surface area contributed by atoms with Gasteiger partial charge in [-0.25, -0.2) is 4.98 Å². The number of hydrogen-bond acceptors (Lipinski definition) is 4. The molecule has 0 spiro atoms. The molecule has 16 heavy (non-hydrogen) atoms. The summed E-state index contributed by atoms with van der Waals surface area (Å²) in [4.78, 5) is 17.3. The molecule has 0 saturated carbocycles. The summed E-state index contributed by atoms with van der Waals surface area (Å²) >= 11 is 0. The molecular weight excluding hydrogens is 204 g/mol. The standard InChI is InChI=1S/C11H16N4O/c12-9-2-1-5-15(7-9)10-4-3-8(6-14-10)11(13)16/h3-4,6,9H,1-2,5,7,12H2,(H2,13,16)/t9-/m1/s1. The number of carbonyl (C=O) groups is 1. The lowest BCUT2D eigenvalue weighted by atomic mass is 10.1. The van der Waals surface area contributed by atoms with Crippen LogP contribution in [0.4, 0.5) is 5.82 Å². The zero-order valence-electron chi connectivity index (χ0n) is 9.10. The van der Waals surface area contributed by atoms with Crippen molar-refractivity contribution in [3.05, 3.63) is 23.9 Å². The fourth-order valence-electron chi connectivity index (χ4n) is 1.94. The number of primary amides is 1. The van der Waals surface area contributed by atoms with Gasteiger partial charge in [0, 0.05) is 25.3 Å². The fourth-order valence-corrected chi connectivity index (χ4v) is 1.94. The van der Waals surface area contributed by atoms with E-state index in [1.807, 2.05) is 6.07 Å². The second-order valence-corrected chi connectivity index (χ2v) is 4.12. The van der Waals surface area contributed by atoms with Crippen LogP contribution in [-0.2, 0) is 0 Å². The van der Waals surface area contributed by atoms with Crippen molar-refractivity contribution in [2.24, 2.45) is 11.5 Å². The van der Waals surface area contributed by atoms with Crippen molar-refractivity contribution in [2.45, 2.75) is 18.9 Å². The molecule has 1 aromatic rings. The first-order chi connectivity index (χ1) is 7.66. The van der Waals surface area contributed by atoms with Crippen LogP contribution >= 0.6 is 0 Å². The quantitative estimate of drug-likeness (QED) is 0.740. The summed E-state index contributed by atoms with van der Waals surface area (Å²) in [5, 5.41) is 0. The molecule has 5 heteroatoms. The van der Waals surface area contributed by atoms with Gasteiger partial charge in [0.05, 0.1) is 5.56 Å². The average Bonchev–Trinajstić information content (AvgIpc) is 2.29. The highest BCUT2D eigenvalue weighted by Crippen LogP contribution is 2.16. The van der Waals surface area contributed by atoms with Crippen LogP contribution in [0, 0.1) is 0 Å². The number of pyridine rings is 1. The Labute approximate surface area is 94.4 Å². The number of aromatic nitrogens is 1. The molecule has 1 aromatic heterocycles. The molecule has 2 rings (SSSR count). The van der Waals surface area contributed by atoms with E-state index in [-0.39, 0.29) is 6.04 Å². The zero-order chi connectivity index (χ0) is 11.5. The molecule has 5 nitrogen and oxygen atoms in total. The van der Waals surface area contributed by atoms with E-state index >= 15 is 0 Å². The van der Waals surface area contributed by atoms with Crippen molar-refractivity contribution in [1.29, 1.82) is 0 Å². The van der Waals surface area contributed by atoms with Gasteiger partial charge in [-0.15, -0.1) is 0 Å². The maximum absolute atomic E-state index is 10.9. The van der Waals surface area contributed by atoms with Crippen LogP contribution in [0.15, 0.2) is 18.3 Å². The van der Waals surface area contributed by atoms with E-state index in [0.29, 0.717) is 5.56 Å². The summed E-state index contributed by atoms with van der Waals surface area (Å²) in [5.41, 5.74) is 11.5. The maximum atomic E-state index is 10.9. The Kier molecular flexibility index (Phi) is 3.05. The Hall–Kier alpha value is -1.62. The summed E-state index contributed by atoms with van der Waals surface area (Å²) in [6, 6.07) is 3.73. The lowest BCUT2D eigenvalue weighted by Gasteiger charge is -2.31. The van der Waals surface area contributed by atoms with Gasteiger partial charge in [-0.3, -0.25) is 4.79 Å². The van der Waals surface area contributed by atoms with Gasteiger partial charge in [0.1, 0.15) is 5.82 Å². The largest absolute Gasteiger partial charge is 0.366 e. The van der Waals surface area contributed by atoms with Crippen LogP contribution in [0.3, 0.4) is 0 Å². The van der Waals surface area contributed by atoms with Crippen LogP contribution in [0.5, 0.6) is 0 Å². The number of anilines is 1. The van der Waals surface area contributed by atoms with Crippen LogP contribution in [-0.4, -0.2) is 30.0 Å². The van der Waals surface area contributed by atoms with Crippen molar-refractivity contribution in [2.75, 3.05) is 18.0 Å². The van der Waals surface area contributed by atoms with E-state index in [1.165, 1.54) is 6.20 Å². The molecule has 0 radical (unpaired) electrons. The van der Waals surface area contributed by atoms with Gasteiger partial charge in [-0.1, -0.05) is 0 Å². The Morgan fingerprint density at radius 1 is 1.50 bits per heavy atom.